The average Bonchev–Trinajstić information content (AvgIpc) is 0.694. The van der Waals surface area contributed by atoms with Gasteiger partial charge in [-0.05, 0) is 47.7 Å². The third-order valence-electron chi connectivity index (χ3n) is 17.8. The fourth-order valence-electron chi connectivity index (χ4n) is 13.2. The molecule has 0 spiro atoms. The van der Waals surface area contributed by atoms with Gasteiger partial charge >= 0.3 is 329 Å². The topological polar surface area (TPSA) is 152 Å². The van der Waals surface area contributed by atoms with Gasteiger partial charge in [-0.3, -0.25) is 0 Å². The van der Waals surface area contributed by atoms with Crippen LogP contribution < -0.4 is 68.8 Å². The first-order chi connectivity index (χ1) is 49.4. The summed E-state index contributed by atoms with van der Waals surface area (Å²) in [5.74, 6) is -7.66. The van der Waals surface area contributed by atoms with Crippen LogP contribution in [0.5, 0.6) is 0 Å². The van der Waals surface area contributed by atoms with Gasteiger partial charge in [0.1, 0.15) is 0 Å². The van der Waals surface area contributed by atoms with Gasteiger partial charge in [0.05, 0.1) is 0 Å². The van der Waals surface area contributed by atoms with E-state index in [1.807, 2.05) is 0 Å². The third-order valence-corrected chi connectivity index (χ3v) is 34.5. The number of carboxylic acid groups (broad SMARTS) is 4. The summed E-state index contributed by atoms with van der Waals surface area (Å²) in [4.78, 5) is 36.2. The Balaban J connectivity index is 0.000000208. The van der Waals surface area contributed by atoms with Crippen molar-refractivity contribution in [3.05, 3.63) is 364 Å². The molecule has 0 aromatic heterocycles. The van der Waals surface area contributed by atoms with Crippen LogP contribution in [0.2, 0.25) is 0 Å². The summed E-state index contributed by atoms with van der Waals surface area (Å²) in [6.07, 6.45) is 15.1. The maximum atomic E-state index is 9.10. The summed E-state index contributed by atoms with van der Waals surface area (Å²) < 4.78 is 0. The van der Waals surface area contributed by atoms with Crippen LogP contribution in [0.25, 0.3) is 0 Å². The number of aliphatic carboxylic acids is 4. The molecule has 12 aromatic rings. The molecule has 0 heterocycles. The molecule has 0 fully saturated rings. The van der Waals surface area contributed by atoms with E-state index in [2.05, 4.69) is 371 Å². The maximum Gasteiger partial charge on any atom is 0.414 e. The van der Waals surface area contributed by atoms with Crippen LogP contribution in [0.1, 0.15) is 64.7 Å². The van der Waals surface area contributed by atoms with Gasteiger partial charge in [0.15, 0.2) is 5.97 Å². The van der Waals surface area contributed by atoms with Crippen molar-refractivity contribution in [3.63, 3.8) is 0 Å². The fourth-order valence-corrected chi connectivity index (χ4v) is 29.4. The molecule has 0 unspecified atom stereocenters. The van der Waals surface area contributed by atoms with E-state index < -0.39 is 53.6 Å². The van der Waals surface area contributed by atoms with Crippen molar-refractivity contribution in [1.82, 2.24) is 0 Å². The molecule has 12 rings (SSSR count). The van der Waals surface area contributed by atoms with E-state index in [1.54, 1.807) is 15.9 Å². The Bertz CT molecular complexity index is 3760. The van der Waals surface area contributed by atoms with Gasteiger partial charge in [0.2, 0.25) is 0 Å². The smallest absolute Gasteiger partial charge is 0.414 e. The number of hydrogen-bond acceptors (Lipinski definition) is 5. The van der Waals surface area contributed by atoms with Crippen molar-refractivity contribution in [2.45, 2.75) is 64.7 Å². The Morgan fingerprint density at radius 3 is 0.693 bits per heavy atom. The number of rotatable bonds is 25. The maximum absolute atomic E-state index is 9.10. The molecule has 3 N–H and O–H groups in total. The standard InChI is InChI=1S/C49H57P2.2C18H15P.2C2H2O4/c1-2-3-4-6-27-42-51(47-35-20-11-21-36-47,48-37-22-12-23-38-48,49-39-24-13-25-40-49)43-28-7-5-26-41-50(44-29-14-8-15-30-44,45-31-16-9-17-32-45)46-33-18-10-19-34-46;2*1-4-10-16(11-5-1)19(17-12-6-2-7-13-17)18-14-8-3-9-15-18;2*3-1(4)2(5)6/h8-25,29-40H,2-7,26-28,41-43H2,1H3;2*1-15H;2*(H,3,4)(H,5,6)/q+1;;;;/p-1. The van der Waals surface area contributed by atoms with Crippen molar-refractivity contribution in [2.24, 2.45) is 0 Å². The van der Waals surface area contributed by atoms with Gasteiger partial charge < -0.3 is 25.2 Å². The Hall–Kier alpha value is -9.76. The minimum atomic E-state index is -2.81. The van der Waals surface area contributed by atoms with E-state index in [9.17, 15) is 0 Å². The van der Waals surface area contributed by atoms with Crippen LogP contribution in [-0.4, -0.2) is 57.7 Å². The summed E-state index contributed by atoms with van der Waals surface area (Å²) in [5, 5.41) is 48.7. The number of unbranched alkanes of at least 4 members (excludes halogenated alkanes) is 7. The first-order valence-electron chi connectivity index (χ1n) is 34.5. The predicted octanol–water partition coefficient (Wildman–Crippen LogP) is 14.9. The molecular formula is C89H90O8P4. The van der Waals surface area contributed by atoms with Crippen molar-refractivity contribution in [1.29, 1.82) is 0 Å². The van der Waals surface area contributed by atoms with E-state index >= 15 is 0 Å². The van der Waals surface area contributed by atoms with Crippen LogP contribution in [0.4, 0.5) is 0 Å². The second kappa shape index (κ2) is 41.1. The van der Waals surface area contributed by atoms with Crippen LogP contribution in [0, 0.1) is 0 Å². The molecule has 0 amide bonds. The second-order valence-corrected chi connectivity index (χ2v) is 37.7. The third kappa shape index (κ3) is 21.4. The summed E-state index contributed by atoms with van der Waals surface area (Å²) in [6, 6.07) is 134. The van der Waals surface area contributed by atoms with Crippen LogP contribution in [0.15, 0.2) is 364 Å². The second-order valence-electron chi connectivity index (χ2n) is 24.2. The Morgan fingerprint density at radius 2 is 0.485 bits per heavy atom. The predicted molar refractivity (Wildman–Crippen MR) is 430 cm³/mol. The van der Waals surface area contributed by atoms with Crippen LogP contribution in [0.3, 0.4) is 0 Å². The summed E-state index contributed by atoms with van der Waals surface area (Å²) >= 11 is 0. The van der Waals surface area contributed by atoms with Crippen LogP contribution >= 0.6 is 29.7 Å². The molecule has 8 nitrogen and oxygen atoms in total. The molecule has 0 saturated heterocycles. The fraction of sp³-hybridized carbons (Fsp3) is 0.146. The molecule has 101 heavy (non-hydrogen) atoms. The monoisotopic (exact) mass is 1410 g/mol. The van der Waals surface area contributed by atoms with Crippen molar-refractivity contribution >= 4 is 117 Å². The van der Waals surface area contributed by atoms with Gasteiger partial charge in [0, 0.05) is 0 Å². The zero-order chi connectivity index (χ0) is 71.3. The zero-order valence-corrected chi connectivity index (χ0v) is 60.9. The number of carbonyl (C=O) groups is 4. The Morgan fingerprint density at radius 1 is 0.287 bits per heavy atom. The van der Waals surface area contributed by atoms with E-state index in [0.29, 0.717) is 0 Å². The van der Waals surface area contributed by atoms with E-state index in [4.69, 9.17) is 39.6 Å². The van der Waals surface area contributed by atoms with Gasteiger partial charge in [0.25, 0.3) is 0 Å². The molecule has 514 valence electrons. The normalized spacial score (nSPS) is 11.2. The van der Waals surface area contributed by atoms with Gasteiger partial charge in [-0.15, -0.1) is 0 Å². The van der Waals surface area contributed by atoms with Crippen molar-refractivity contribution < 1.29 is 39.6 Å². The molecule has 0 bridgehead atoms. The van der Waals surface area contributed by atoms with Gasteiger partial charge in [-0.1, -0.05) is 182 Å². The first kappa shape index (κ1) is 77.0. The van der Waals surface area contributed by atoms with E-state index in [1.165, 1.54) is 124 Å². The largest absolute Gasteiger partial charge is 0.539 e. The number of hydrogen-bond donors (Lipinski definition) is 3. The van der Waals surface area contributed by atoms with Gasteiger partial charge in [-0.2, -0.15) is 0 Å². The molecule has 0 aliphatic rings. The SMILES string of the molecule is CCCCCCCP(CCCCCC[P+](c1ccccc1)(c1ccccc1)c1ccccc1)(c1ccccc1)(c1ccccc1)c1ccccc1.O=C(O)C(=O)O.O=C([O-])C(=O)O.c1ccc(P(c2ccccc2)c2ccccc2)cc1.c1ccc(P(c2ccccc2)c2ccccc2)cc1. The average molecular weight is 1410 g/mol. The van der Waals surface area contributed by atoms with Crippen molar-refractivity contribution in [2.75, 3.05) is 18.5 Å². The minimum absolute atomic E-state index is 0.446. The van der Waals surface area contributed by atoms with E-state index in [-0.39, 0.29) is 0 Å². The molecule has 0 saturated carbocycles. The summed E-state index contributed by atoms with van der Waals surface area (Å²) in [7, 11) is -2.70. The Labute approximate surface area is 600 Å². The van der Waals surface area contributed by atoms with E-state index in [0.717, 1.165) is 0 Å². The summed E-state index contributed by atoms with van der Waals surface area (Å²) in [5.41, 5.74) is 0. The summed E-state index contributed by atoms with van der Waals surface area (Å²) in [6.45, 7) is -0.488. The van der Waals surface area contributed by atoms with Crippen LogP contribution in [-0.2, 0) is 19.2 Å². The molecule has 0 aliphatic carbocycles. The van der Waals surface area contributed by atoms with Gasteiger partial charge in [-0.25, -0.2) is 14.4 Å². The molecule has 0 radical (unpaired) electrons. The zero-order valence-electron chi connectivity index (χ0n) is 57.3. The molecule has 12 heteroatoms. The molecular weight excluding hydrogens is 1320 g/mol. The molecule has 0 aliphatic heterocycles. The first-order valence-corrected chi connectivity index (χ1v) is 41.7. The number of carbonyl (C=O) groups excluding carboxylic acids is 1. The number of carboxylic acids is 4. The number of benzene rings is 12. The molecule has 12 aromatic carbocycles. The molecule has 0 atom stereocenters. The quantitative estimate of drug-likeness (QED) is 0.0291. The Kier molecular flexibility index (Phi) is 31.3. The minimum Gasteiger partial charge on any atom is -0.539 e. The van der Waals surface area contributed by atoms with Crippen molar-refractivity contribution in [3.8, 4) is 0 Å².